The average Bonchev–Trinajstić information content (AvgIpc) is 2.59. The van der Waals surface area contributed by atoms with Crippen LogP contribution < -0.4 is 10.3 Å². The molecule has 116 valence electrons. The van der Waals surface area contributed by atoms with Gasteiger partial charge in [-0.2, -0.15) is 0 Å². The summed E-state index contributed by atoms with van der Waals surface area (Å²) in [7, 11) is 0. The quantitative estimate of drug-likeness (QED) is 0.729. The van der Waals surface area contributed by atoms with Crippen LogP contribution in [0.4, 0.5) is 0 Å². The topological polar surface area (TPSA) is 81.3 Å². The van der Waals surface area contributed by atoms with Crippen molar-refractivity contribution in [2.45, 2.75) is 6.61 Å². The first-order chi connectivity index (χ1) is 11.2. The molecule has 0 radical (unpaired) electrons. The van der Waals surface area contributed by atoms with Gasteiger partial charge in [-0.15, -0.1) is 0 Å². The molecule has 0 amide bonds. The zero-order chi connectivity index (χ0) is 16.1. The fourth-order valence-electron chi connectivity index (χ4n) is 2.05. The highest BCUT2D eigenvalue weighted by Gasteiger charge is 2.08. The maximum absolute atomic E-state index is 11.9. The highest BCUT2D eigenvalue weighted by atomic mass is 16.6. The van der Waals surface area contributed by atoms with E-state index in [1.165, 1.54) is 0 Å². The smallest absolute Gasteiger partial charge is 0.344 e. The van der Waals surface area contributed by atoms with E-state index < -0.39 is 5.97 Å². The second kappa shape index (κ2) is 6.74. The van der Waals surface area contributed by atoms with Crippen molar-refractivity contribution in [1.29, 1.82) is 0 Å². The monoisotopic (exact) mass is 310 g/mol. The summed E-state index contributed by atoms with van der Waals surface area (Å²) in [4.78, 5) is 30.4. The summed E-state index contributed by atoms with van der Waals surface area (Å²) in [5.74, 6) is 0.341. The van der Waals surface area contributed by atoms with Gasteiger partial charge in [0, 0.05) is 0 Å². The van der Waals surface area contributed by atoms with Gasteiger partial charge < -0.3 is 14.5 Å². The lowest BCUT2D eigenvalue weighted by Crippen LogP contribution is -2.18. The molecule has 1 aromatic heterocycles. The molecule has 0 aliphatic carbocycles. The van der Waals surface area contributed by atoms with E-state index in [0.717, 1.165) is 0 Å². The highest BCUT2D eigenvalue weighted by Crippen LogP contribution is 2.09. The number of aromatic amines is 1. The molecule has 3 rings (SSSR count). The fraction of sp³-hybridized carbons (Fsp3) is 0.118. The molecule has 2 aromatic carbocycles. The third-order valence-electron chi connectivity index (χ3n) is 3.13. The van der Waals surface area contributed by atoms with Crippen LogP contribution in [-0.2, 0) is 16.1 Å². The third kappa shape index (κ3) is 3.74. The Morgan fingerprint density at radius 3 is 2.61 bits per heavy atom. The van der Waals surface area contributed by atoms with Crippen LogP contribution in [0.1, 0.15) is 5.82 Å². The summed E-state index contributed by atoms with van der Waals surface area (Å²) in [5.41, 5.74) is 0.296. The standard InChI is InChI=1S/C17H14N2O4/c20-16(11-22-12-6-2-1-3-7-12)23-10-15-18-14-9-5-4-8-13(14)17(21)19-15/h1-9H,10-11H2,(H,18,19,21). The molecule has 1 heterocycles. The molecule has 0 aliphatic heterocycles. The predicted molar refractivity (Wildman–Crippen MR) is 84.1 cm³/mol. The van der Waals surface area contributed by atoms with Gasteiger partial charge in [0.15, 0.2) is 6.61 Å². The van der Waals surface area contributed by atoms with Crippen LogP contribution in [0.2, 0.25) is 0 Å². The van der Waals surface area contributed by atoms with Crippen molar-refractivity contribution in [1.82, 2.24) is 9.97 Å². The highest BCUT2D eigenvalue weighted by molar-refractivity contribution is 5.77. The van der Waals surface area contributed by atoms with Gasteiger partial charge in [0.25, 0.3) is 5.56 Å². The second-order valence-electron chi connectivity index (χ2n) is 4.79. The van der Waals surface area contributed by atoms with Crippen molar-refractivity contribution < 1.29 is 14.3 Å². The Morgan fingerprint density at radius 1 is 1.04 bits per heavy atom. The van der Waals surface area contributed by atoms with Crippen molar-refractivity contribution in [3.05, 3.63) is 70.8 Å². The summed E-state index contributed by atoms with van der Waals surface area (Å²) in [6, 6.07) is 15.9. The molecule has 0 saturated carbocycles. The number of benzene rings is 2. The Kier molecular flexibility index (Phi) is 4.33. The molecule has 3 aromatic rings. The molecule has 0 aliphatic rings. The number of carbonyl (C=O) groups excluding carboxylic acids is 1. The van der Waals surface area contributed by atoms with E-state index in [1.54, 1.807) is 36.4 Å². The number of para-hydroxylation sites is 2. The molecule has 0 atom stereocenters. The lowest BCUT2D eigenvalue weighted by molar-refractivity contribution is -0.147. The first-order valence-electron chi connectivity index (χ1n) is 7.04. The first-order valence-corrected chi connectivity index (χ1v) is 7.04. The van der Waals surface area contributed by atoms with E-state index in [0.29, 0.717) is 22.5 Å². The number of esters is 1. The SMILES string of the molecule is O=C(COc1ccccc1)OCc1nc2ccccc2c(=O)[nH]1. The number of fused-ring (bicyclic) bond motifs is 1. The van der Waals surface area contributed by atoms with Crippen LogP contribution in [0.25, 0.3) is 10.9 Å². The lowest BCUT2D eigenvalue weighted by atomic mass is 10.2. The van der Waals surface area contributed by atoms with Gasteiger partial charge in [0.1, 0.15) is 18.2 Å². The third-order valence-corrected chi connectivity index (χ3v) is 3.13. The van der Waals surface area contributed by atoms with Crippen molar-refractivity contribution in [2.24, 2.45) is 0 Å². The summed E-state index contributed by atoms with van der Waals surface area (Å²) >= 11 is 0. The summed E-state index contributed by atoms with van der Waals surface area (Å²) < 4.78 is 10.3. The molecule has 23 heavy (non-hydrogen) atoms. The Morgan fingerprint density at radius 2 is 1.78 bits per heavy atom. The average molecular weight is 310 g/mol. The largest absolute Gasteiger partial charge is 0.482 e. The number of aromatic nitrogens is 2. The van der Waals surface area contributed by atoms with Gasteiger partial charge in [0.05, 0.1) is 10.9 Å². The lowest BCUT2D eigenvalue weighted by Gasteiger charge is -2.07. The Balaban J connectivity index is 1.60. The number of ether oxygens (including phenoxy) is 2. The van der Waals surface area contributed by atoms with Gasteiger partial charge in [-0.05, 0) is 24.3 Å². The van der Waals surface area contributed by atoms with Crippen LogP contribution in [0.3, 0.4) is 0 Å². The number of H-pyrrole nitrogens is 1. The minimum Gasteiger partial charge on any atom is -0.482 e. The molecule has 0 fully saturated rings. The maximum Gasteiger partial charge on any atom is 0.344 e. The maximum atomic E-state index is 11.9. The molecular formula is C17H14N2O4. The summed E-state index contributed by atoms with van der Waals surface area (Å²) in [6.45, 7) is -0.321. The fourth-order valence-corrected chi connectivity index (χ4v) is 2.05. The van der Waals surface area contributed by atoms with Crippen LogP contribution in [0.15, 0.2) is 59.4 Å². The minimum atomic E-state index is -0.537. The minimum absolute atomic E-state index is 0.114. The van der Waals surface area contributed by atoms with Crippen LogP contribution in [-0.4, -0.2) is 22.5 Å². The Hall–Kier alpha value is -3.15. The first kappa shape index (κ1) is 14.8. The molecule has 6 heteroatoms. The van der Waals surface area contributed by atoms with Crippen molar-refractivity contribution >= 4 is 16.9 Å². The molecule has 0 spiro atoms. The van der Waals surface area contributed by atoms with E-state index in [2.05, 4.69) is 9.97 Å². The van der Waals surface area contributed by atoms with Crippen molar-refractivity contribution in [3.8, 4) is 5.75 Å². The van der Waals surface area contributed by atoms with E-state index in [9.17, 15) is 9.59 Å². The van der Waals surface area contributed by atoms with Crippen LogP contribution in [0, 0.1) is 0 Å². The van der Waals surface area contributed by atoms with Gasteiger partial charge in [-0.1, -0.05) is 30.3 Å². The second-order valence-corrected chi connectivity index (χ2v) is 4.79. The molecule has 0 saturated heterocycles. The van der Waals surface area contributed by atoms with Gasteiger partial charge in [-0.3, -0.25) is 4.79 Å². The molecule has 0 unspecified atom stereocenters. The number of hydrogen-bond donors (Lipinski definition) is 1. The van der Waals surface area contributed by atoms with Crippen LogP contribution in [0.5, 0.6) is 5.75 Å². The Labute approximate surface area is 131 Å². The van der Waals surface area contributed by atoms with E-state index in [4.69, 9.17) is 9.47 Å². The van der Waals surface area contributed by atoms with E-state index in [1.807, 2.05) is 18.2 Å². The van der Waals surface area contributed by atoms with Gasteiger partial charge in [0.2, 0.25) is 0 Å². The summed E-state index contributed by atoms with van der Waals surface area (Å²) in [5, 5.41) is 0.495. The van der Waals surface area contributed by atoms with E-state index >= 15 is 0 Å². The zero-order valence-corrected chi connectivity index (χ0v) is 12.2. The zero-order valence-electron chi connectivity index (χ0n) is 12.2. The van der Waals surface area contributed by atoms with E-state index in [-0.39, 0.29) is 18.8 Å². The molecule has 0 bridgehead atoms. The summed E-state index contributed by atoms with van der Waals surface area (Å²) in [6.07, 6.45) is 0. The van der Waals surface area contributed by atoms with Crippen LogP contribution >= 0.6 is 0 Å². The molecular weight excluding hydrogens is 296 g/mol. The number of carbonyl (C=O) groups is 1. The number of hydrogen-bond acceptors (Lipinski definition) is 5. The normalized spacial score (nSPS) is 10.4. The van der Waals surface area contributed by atoms with Gasteiger partial charge >= 0.3 is 5.97 Å². The number of nitrogens with one attached hydrogen (secondary N) is 1. The van der Waals surface area contributed by atoms with Crippen molar-refractivity contribution in [3.63, 3.8) is 0 Å². The Bertz CT molecular complexity index is 874. The number of nitrogens with zero attached hydrogens (tertiary/aromatic N) is 1. The molecule has 6 nitrogen and oxygen atoms in total. The molecule has 1 N–H and O–H groups in total. The number of rotatable bonds is 5. The van der Waals surface area contributed by atoms with Gasteiger partial charge in [-0.25, -0.2) is 9.78 Å². The predicted octanol–water partition coefficient (Wildman–Crippen LogP) is 2.05. The van der Waals surface area contributed by atoms with Crippen molar-refractivity contribution in [2.75, 3.05) is 6.61 Å².